The van der Waals surface area contributed by atoms with Crippen LogP contribution in [0.4, 0.5) is 0 Å². The van der Waals surface area contributed by atoms with Crippen LogP contribution in [0.3, 0.4) is 0 Å². The number of methoxy groups -OCH3 is 2. The molecule has 8 heteroatoms. The number of aromatic amines is 1. The minimum atomic E-state index is -0.757. The van der Waals surface area contributed by atoms with Gasteiger partial charge in [0.15, 0.2) is 11.9 Å². The number of carbonyl (C=O) groups is 1. The number of thiophene rings is 1. The van der Waals surface area contributed by atoms with Gasteiger partial charge in [0.1, 0.15) is 21.9 Å². The molecule has 1 atom stereocenters. The van der Waals surface area contributed by atoms with Crippen LogP contribution in [0.15, 0.2) is 23.0 Å². The number of nitrogens with one attached hydrogen (secondary N) is 1. The maximum atomic E-state index is 12.7. The van der Waals surface area contributed by atoms with Gasteiger partial charge in [-0.15, -0.1) is 11.3 Å². The van der Waals surface area contributed by atoms with Gasteiger partial charge in [-0.2, -0.15) is 0 Å². The van der Waals surface area contributed by atoms with Crippen molar-refractivity contribution in [1.29, 1.82) is 0 Å². The topological polar surface area (TPSA) is 90.5 Å². The average molecular weight is 388 g/mol. The Morgan fingerprint density at radius 2 is 1.81 bits per heavy atom. The molecule has 0 amide bonds. The molecule has 0 radical (unpaired) electrons. The Hall–Kier alpha value is -2.87. The third-order valence-electron chi connectivity index (χ3n) is 4.36. The van der Waals surface area contributed by atoms with Crippen LogP contribution in [-0.4, -0.2) is 30.2 Å². The Morgan fingerprint density at radius 1 is 1.19 bits per heavy atom. The second-order valence-corrected chi connectivity index (χ2v) is 7.20. The maximum Gasteiger partial charge on any atom is 0.346 e. The van der Waals surface area contributed by atoms with Gasteiger partial charge < -0.3 is 19.2 Å². The maximum absolute atomic E-state index is 12.7. The van der Waals surface area contributed by atoms with Crippen LogP contribution < -0.4 is 15.0 Å². The summed E-state index contributed by atoms with van der Waals surface area (Å²) in [6.45, 7) is 5.48. The molecule has 1 aromatic carbocycles. The lowest BCUT2D eigenvalue weighted by molar-refractivity contribution is 0.0313. The molecule has 142 valence electrons. The molecule has 0 aliphatic carbocycles. The molecule has 7 nitrogen and oxygen atoms in total. The lowest BCUT2D eigenvalue weighted by atomic mass is 10.1. The molecule has 0 aliphatic heterocycles. The van der Waals surface area contributed by atoms with Crippen LogP contribution in [0.5, 0.6) is 11.5 Å². The van der Waals surface area contributed by atoms with E-state index >= 15 is 0 Å². The Morgan fingerprint density at radius 3 is 2.41 bits per heavy atom. The summed E-state index contributed by atoms with van der Waals surface area (Å²) >= 11 is 1.44. The number of hydrogen-bond acceptors (Lipinski definition) is 7. The van der Waals surface area contributed by atoms with Crippen LogP contribution in [0.25, 0.3) is 10.2 Å². The molecular formula is C19H20N2O5S. The van der Waals surface area contributed by atoms with Crippen molar-refractivity contribution in [3.05, 3.63) is 50.4 Å². The molecule has 0 saturated carbocycles. The van der Waals surface area contributed by atoms with E-state index in [9.17, 15) is 9.59 Å². The first kappa shape index (κ1) is 18.9. The van der Waals surface area contributed by atoms with Crippen molar-refractivity contribution < 1.29 is 19.0 Å². The van der Waals surface area contributed by atoms with Crippen LogP contribution in [0.1, 0.15) is 39.7 Å². The number of H-pyrrole nitrogens is 1. The molecule has 3 rings (SSSR count). The lowest BCUT2D eigenvalue weighted by Gasteiger charge is -2.16. The Bertz CT molecular complexity index is 1050. The van der Waals surface area contributed by atoms with Crippen molar-refractivity contribution in [3.8, 4) is 11.5 Å². The molecule has 0 saturated heterocycles. The van der Waals surface area contributed by atoms with Gasteiger partial charge in [-0.25, -0.2) is 9.78 Å². The molecule has 3 aromatic rings. The largest absolute Gasteiger partial charge is 0.496 e. The second-order valence-electron chi connectivity index (χ2n) is 6.00. The molecule has 1 N–H and O–H groups in total. The third-order valence-corrected chi connectivity index (χ3v) is 5.46. The van der Waals surface area contributed by atoms with Crippen LogP contribution >= 0.6 is 11.3 Å². The van der Waals surface area contributed by atoms with Gasteiger partial charge in [-0.3, -0.25) is 4.79 Å². The normalized spacial score (nSPS) is 12.0. The minimum Gasteiger partial charge on any atom is -0.496 e. The van der Waals surface area contributed by atoms with Crippen molar-refractivity contribution in [2.24, 2.45) is 0 Å². The predicted octanol–water partition coefficient (Wildman–Crippen LogP) is 3.54. The summed E-state index contributed by atoms with van der Waals surface area (Å²) in [6.07, 6.45) is -0.757. The van der Waals surface area contributed by atoms with Gasteiger partial charge >= 0.3 is 5.97 Å². The summed E-state index contributed by atoms with van der Waals surface area (Å²) < 4.78 is 16.0. The van der Waals surface area contributed by atoms with E-state index in [2.05, 4.69) is 9.97 Å². The number of nitrogens with zero attached hydrogens (tertiary/aromatic N) is 1. The highest BCUT2D eigenvalue weighted by Gasteiger charge is 2.24. The molecule has 0 aliphatic rings. The van der Waals surface area contributed by atoms with E-state index in [4.69, 9.17) is 14.2 Å². The van der Waals surface area contributed by atoms with E-state index in [1.807, 2.05) is 13.8 Å². The summed E-state index contributed by atoms with van der Waals surface area (Å²) in [6, 6.07) is 5.01. The van der Waals surface area contributed by atoms with Gasteiger partial charge in [0.25, 0.3) is 5.56 Å². The summed E-state index contributed by atoms with van der Waals surface area (Å²) in [5.41, 5.74) is 0.855. The number of fused-ring (bicyclic) bond motifs is 1. The molecule has 0 unspecified atom stereocenters. The van der Waals surface area contributed by atoms with E-state index in [-0.39, 0.29) is 16.9 Å². The fourth-order valence-electron chi connectivity index (χ4n) is 2.79. The molecule has 2 aromatic heterocycles. The minimum absolute atomic E-state index is 0.181. The zero-order valence-corrected chi connectivity index (χ0v) is 16.5. The molecule has 0 bridgehead atoms. The van der Waals surface area contributed by atoms with Gasteiger partial charge in [-0.05, 0) is 38.5 Å². The average Bonchev–Trinajstić information content (AvgIpc) is 2.94. The third kappa shape index (κ3) is 3.40. The predicted molar refractivity (Wildman–Crippen MR) is 103 cm³/mol. The molecule has 0 fully saturated rings. The fourth-order valence-corrected chi connectivity index (χ4v) is 3.83. The summed E-state index contributed by atoms with van der Waals surface area (Å²) in [7, 11) is 2.92. The number of hydrogen-bond donors (Lipinski definition) is 1. The Labute approximate surface area is 159 Å². The molecule has 2 heterocycles. The quantitative estimate of drug-likeness (QED) is 0.673. The van der Waals surface area contributed by atoms with Crippen LogP contribution in [0, 0.1) is 13.8 Å². The van der Waals surface area contributed by atoms with E-state index in [0.717, 1.165) is 10.4 Å². The van der Waals surface area contributed by atoms with Gasteiger partial charge in [0.05, 0.1) is 19.6 Å². The zero-order valence-electron chi connectivity index (χ0n) is 15.7. The monoisotopic (exact) mass is 388 g/mol. The first-order valence-corrected chi connectivity index (χ1v) is 9.10. The van der Waals surface area contributed by atoms with Crippen molar-refractivity contribution in [3.63, 3.8) is 0 Å². The number of aryl methyl sites for hydroxylation is 2. The summed E-state index contributed by atoms with van der Waals surface area (Å²) in [5.74, 6) is 0.343. The Kier molecular flexibility index (Phi) is 5.18. The van der Waals surface area contributed by atoms with Crippen LogP contribution in [-0.2, 0) is 4.74 Å². The SMILES string of the molecule is COc1cccc(OC)c1C(=O)O[C@@H](C)c1nc2sc(C)c(C)c2c(=O)[nH]1. The number of ether oxygens (including phenoxy) is 3. The van der Waals surface area contributed by atoms with Gasteiger partial charge in [0.2, 0.25) is 0 Å². The van der Waals surface area contributed by atoms with E-state index in [1.54, 1.807) is 25.1 Å². The summed E-state index contributed by atoms with van der Waals surface area (Å²) in [5, 5.41) is 0.575. The molecule has 27 heavy (non-hydrogen) atoms. The Balaban J connectivity index is 1.94. The smallest absolute Gasteiger partial charge is 0.346 e. The first-order chi connectivity index (χ1) is 12.9. The van der Waals surface area contributed by atoms with Crippen molar-refractivity contribution in [2.75, 3.05) is 14.2 Å². The van der Waals surface area contributed by atoms with E-state index < -0.39 is 12.1 Å². The fraction of sp³-hybridized carbons (Fsp3) is 0.316. The standard InChI is InChI=1S/C19H20N2O5S/c1-9-11(3)27-18-14(9)17(22)20-16(21-18)10(2)26-19(23)15-12(24-4)7-6-8-13(15)25-5/h6-8,10H,1-5H3,(H,20,21,22)/t10-/m0/s1. The lowest BCUT2D eigenvalue weighted by Crippen LogP contribution is -2.18. The van der Waals surface area contributed by atoms with Crippen molar-refractivity contribution in [2.45, 2.75) is 26.9 Å². The number of carbonyl (C=O) groups excluding carboxylic acids is 1. The van der Waals surface area contributed by atoms with E-state index in [0.29, 0.717) is 21.7 Å². The van der Waals surface area contributed by atoms with E-state index in [1.165, 1.54) is 25.6 Å². The number of rotatable bonds is 5. The van der Waals surface area contributed by atoms with Crippen LogP contribution in [0.2, 0.25) is 0 Å². The van der Waals surface area contributed by atoms with Crippen molar-refractivity contribution in [1.82, 2.24) is 9.97 Å². The summed E-state index contributed by atoms with van der Waals surface area (Å²) in [4.78, 5) is 34.0. The number of esters is 1. The highest BCUT2D eigenvalue weighted by molar-refractivity contribution is 7.18. The molecular weight excluding hydrogens is 368 g/mol. The highest BCUT2D eigenvalue weighted by atomic mass is 32.1. The highest BCUT2D eigenvalue weighted by Crippen LogP contribution is 2.31. The van der Waals surface area contributed by atoms with Gasteiger partial charge in [-0.1, -0.05) is 6.07 Å². The van der Waals surface area contributed by atoms with Crippen molar-refractivity contribution >= 4 is 27.5 Å². The first-order valence-electron chi connectivity index (χ1n) is 8.29. The van der Waals surface area contributed by atoms with Gasteiger partial charge in [0, 0.05) is 4.88 Å². The zero-order chi connectivity index (χ0) is 19.7. The number of aromatic nitrogens is 2. The molecule has 0 spiro atoms. The second kappa shape index (κ2) is 7.40. The number of benzene rings is 1.